The summed E-state index contributed by atoms with van der Waals surface area (Å²) in [5.41, 5.74) is 0.0485. The van der Waals surface area contributed by atoms with Gasteiger partial charge in [-0.05, 0) is 61.0 Å². The zero-order chi connectivity index (χ0) is 13.8. The number of halogens is 1. The smallest absolute Gasteiger partial charge is 0.311 e. The van der Waals surface area contributed by atoms with Crippen molar-refractivity contribution < 1.29 is 9.66 Å². The number of hydrogen-bond donors (Lipinski definition) is 1. The predicted octanol–water partition coefficient (Wildman–Crippen LogP) is 3.11. The van der Waals surface area contributed by atoms with Gasteiger partial charge < -0.3 is 10.1 Å². The van der Waals surface area contributed by atoms with E-state index in [9.17, 15) is 10.1 Å². The van der Waals surface area contributed by atoms with Crippen molar-refractivity contribution in [3.8, 4) is 5.75 Å². The molecular weight excluding hydrogens is 359 g/mol. The van der Waals surface area contributed by atoms with E-state index in [1.807, 2.05) is 13.1 Å². The highest BCUT2D eigenvalue weighted by Crippen LogP contribution is 2.32. The molecule has 2 rings (SSSR count). The van der Waals surface area contributed by atoms with Crippen molar-refractivity contribution in [2.24, 2.45) is 0 Å². The highest BCUT2D eigenvalue weighted by atomic mass is 127. The first-order chi connectivity index (χ1) is 9.11. The van der Waals surface area contributed by atoms with E-state index >= 15 is 0 Å². The van der Waals surface area contributed by atoms with Gasteiger partial charge in [-0.15, -0.1) is 0 Å². The standard InChI is InChI=1S/C13H17IN2O3/c1-15-10-4-2-3-5-12(10)19-13-7-6-9(14)8-11(13)16(17)18/h6-8,10,12,15H,2-5H2,1H3. The molecule has 0 heterocycles. The van der Waals surface area contributed by atoms with Crippen LogP contribution in [-0.4, -0.2) is 24.1 Å². The molecule has 1 aromatic carbocycles. The summed E-state index contributed by atoms with van der Waals surface area (Å²) in [4.78, 5) is 10.7. The summed E-state index contributed by atoms with van der Waals surface area (Å²) in [6.07, 6.45) is 4.30. The van der Waals surface area contributed by atoms with Gasteiger partial charge in [0.05, 0.1) is 4.92 Å². The molecule has 1 aliphatic carbocycles. The van der Waals surface area contributed by atoms with E-state index in [1.165, 1.54) is 6.42 Å². The van der Waals surface area contributed by atoms with E-state index in [4.69, 9.17) is 4.74 Å². The molecule has 2 unspecified atom stereocenters. The van der Waals surface area contributed by atoms with Crippen LogP contribution in [0.15, 0.2) is 18.2 Å². The molecule has 1 aromatic rings. The Balaban J connectivity index is 2.20. The van der Waals surface area contributed by atoms with E-state index in [1.54, 1.807) is 12.1 Å². The van der Waals surface area contributed by atoms with Crippen molar-refractivity contribution in [2.45, 2.75) is 37.8 Å². The number of benzene rings is 1. The molecule has 1 saturated carbocycles. The van der Waals surface area contributed by atoms with Crippen LogP contribution in [-0.2, 0) is 0 Å². The Hall–Kier alpha value is -0.890. The van der Waals surface area contributed by atoms with Gasteiger partial charge in [-0.2, -0.15) is 0 Å². The van der Waals surface area contributed by atoms with Gasteiger partial charge in [0.25, 0.3) is 0 Å². The van der Waals surface area contributed by atoms with Crippen LogP contribution in [0.3, 0.4) is 0 Å². The summed E-state index contributed by atoms with van der Waals surface area (Å²) < 4.78 is 6.74. The number of nitrogens with zero attached hydrogens (tertiary/aromatic N) is 1. The number of ether oxygens (including phenoxy) is 1. The van der Waals surface area contributed by atoms with Crippen LogP contribution >= 0.6 is 22.6 Å². The Bertz CT molecular complexity index is 467. The summed E-state index contributed by atoms with van der Waals surface area (Å²) in [5, 5.41) is 14.3. The van der Waals surface area contributed by atoms with Crippen LogP contribution in [0.2, 0.25) is 0 Å². The molecule has 1 N–H and O–H groups in total. The van der Waals surface area contributed by atoms with Crippen LogP contribution in [0, 0.1) is 13.7 Å². The minimum absolute atomic E-state index is 0.0116. The van der Waals surface area contributed by atoms with Gasteiger partial charge >= 0.3 is 5.69 Å². The Labute approximate surface area is 126 Å². The number of nitro benzene ring substituents is 1. The van der Waals surface area contributed by atoms with E-state index < -0.39 is 0 Å². The summed E-state index contributed by atoms with van der Waals surface area (Å²) in [6, 6.07) is 5.35. The first-order valence-corrected chi connectivity index (χ1v) is 7.47. The molecule has 1 aliphatic rings. The van der Waals surface area contributed by atoms with Crippen LogP contribution < -0.4 is 10.1 Å². The van der Waals surface area contributed by atoms with Crippen molar-refractivity contribution in [1.82, 2.24) is 5.32 Å². The molecule has 0 bridgehead atoms. The van der Waals surface area contributed by atoms with Crippen molar-refractivity contribution in [1.29, 1.82) is 0 Å². The minimum atomic E-state index is -0.380. The molecule has 2 atom stereocenters. The van der Waals surface area contributed by atoms with Crippen LogP contribution in [0.4, 0.5) is 5.69 Å². The van der Waals surface area contributed by atoms with Gasteiger partial charge in [0.15, 0.2) is 5.75 Å². The molecule has 5 nitrogen and oxygen atoms in total. The number of nitrogens with one attached hydrogen (secondary N) is 1. The number of likely N-dealkylation sites (N-methyl/N-ethyl adjacent to an activating group) is 1. The van der Waals surface area contributed by atoms with Crippen LogP contribution in [0.25, 0.3) is 0 Å². The van der Waals surface area contributed by atoms with Crippen molar-refractivity contribution in [3.63, 3.8) is 0 Å². The quantitative estimate of drug-likeness (QED) is 0.498. The second-order valence-electron chi connectivity index (χ2n) is 4.71. The van der Waals surface area contributed by atoms with Gasteiger partial charge in [-0.1, -0.05) is 6.42 Å². The topological polar surface area (TPSA) is 64.4 Å². The van der Waals surface area contributed by atoms with Crippen molar-refractivity contribution >= 4 is 28.3 Å². The molecule has 0 amide bonds. The molecule has 104 valence electrons. The Morgan fingerprint density at radius 1 is 1.42 bits per heavy atom. The van der Waals surface area contributed by atoms with Gasteiger partial charge in [0.2, 0.25) is 0 Å². The third-order valence-corrected chi connectivity index (χ3v) is 4.14. The molecular formula is C13H17IN2O3. The molecule has 19 heavy (non-hydrogen) atoms. The number of rotatable bonds is 4. The highest BCUT2D eigenvalue weighted by molar-refractivity contribution is 14.1. The molecule has 6 heteroatoms. The second-order valence-corrected chi connectivity index (χ2v) is 5.95. The van der Waals surface area contributed by atoms with E-state index in [0.29, 0.717) is 5.75 Å². The summed E-state index contributed by atoms with van der Waals surface area (Å²) >= 11 is 2.07. The first-order valence-electron chi connectivity index (χ1n) is 6.39. The molecule has 0 spiro atoms. The van der Waals surface area contributed by atoms with Gasteiger partial charge in [-0.25, -0.2) is 0 Å². The van der Waals surface area contributed by atoms with Gasteiger partial charge in [0.1, 0.15) is 6.10 Å². The summed E-state index contributed by atoms with van der Waals surface area (Å²) in [7, 11) is 1.91. The van der Waals surface area contributed by atoms with Crippen molar-refractivity contribution in [2.75, 3.05) is 7.05 Å². The maximum absolute atomic E-state index is 11.1. The largest absolute Gasteiger partial charge is 0.482 e. The fourth-order valence-electron chi connectivity index (χ4n) is 2.46. The molecule has 0 aromatic heterocycles. The van der Waals surface area contributed by atoms with E-state index in [2.05, 4.69) is 27.9 Å². The maximum Gasteiger partial charge on any atom is 0.311 e. The summed E-state index contributed by atoms with van der Waals surface area (Å²) in [6.45, 7) is 0. The lowest BCUT2D eigenvalue weighted by Crippen LogP contribution is -2.43. The fraction of sp³-hybridized carbons (Fsp3) is 0.538. The average molecular weight is 376 g/mol. The summed E-state index contributed by atoms with van der Waals surface area (Å²) in [5.74, 6) is 0.373. The Morgan fingerprint density at radius 2 is 2.16 bits per heavy atom. The maximum atomic E-state index is 11.1. The lowest BCUT2D eigenvalue weighted by molar-refractivity contribution is -0.386. The zero-order valence-electron chi connectivity index (χ0n) is 10.8. The Kier molecular flexibility index (Phi) is 4.98. The van der Waals surface area contributed by atoms with Gasteiger partial charge in [0, 0.05) is 15.7 Å². The van der Waals surface area contributed by atoms with E-state index in [-0.39, 0.29) is 22.8 Å². The molecule has 1 fully saturated rings. The number of hydrogen-bond acceptors (Lipinski definition) is 4. The lowest BCUT2D eigenvalue weighted by Gasteiger charge is -2.31. The SMILES string of the molecule is CNC1CCCCC1Oc1ccc(I)cc1[N+](=O)[O-]. The van der Waals surface area contributed by atoms with E-state index in [0.717, 1.165) is 22.8 Å². The monoisotopic (exact) mass is 376 g/mol. The van der Waals surface area contributed by atoms with Crippen molar-refractivity contribution in [3.05, 3.63) is 31.9 Å². The first kappa shape index (κ1) is 14.5. The Morgan fingerprint density at radius 3 is 2.84 bits per heavy atom. The zero-order valence-corrected chi connectivity index (χ0v) is 12.9. The fourth-order valence-corrected chi connectivity index (χ4v) is 2.94. The average Bonchev–Trinajstić information content (AvgIpc) is 2.41. The van der Waals surface area contributed by atoms with Gasteiger partial charge in [-0.3, -0.25) is 10.1 Å². The minimum Gasteiger partial charge on any atom is -0.482 e. The highest BCUT2D eigenvalue weighted by Gasteiger charge is 2.27. The normalized spacial score (nSPS) is 23.1. The molecule has 0 saturated heterocycles. The van der Waals surface area contributed by atoms with Crippen LogP contribution in [0.1, 0.15) is 25.7 Å². The molecule has 0 aliphatic heterocycles. The molecule has 0 radical (unpaired) electrons. The second kappa shape index (κ2) is 6.51. The predicted molar refractivity (Wildman–Crippen MR) is 81.5 cm³/mol. The number of nitro groups is 1. The lowest BCUT2D eigenvalue weighted by atomic mass is 9.92. The third-order valence-electron chi connectivity index (χ3n) is 3.47. The third kappa shape index (κ3) is 3.56. The van der Waals surface area contributed by atoms with Crippen LogP contribution in [0.5, 0.6) is 5.75 Å².